The first-order chi connectivity index (χ1) is 8.18. The lowest BCUT2D eigenvalue weighted by molar-refractivity contribution is 0.578. The molecule has 0 spiro atoms. The van der Waals surface area contributed by atoms with E-state index in [1.165, 1.54) is 6.07 Å². The second-order valence-electron chi connectivity index (χ2n) is 3.93. The molecule has 1 unspecified atom stereocenters. The molecule has 3 heteroatoms. The number of benzene rings is 2. The van der Waals surface area contributed by atoms with E-state index in [4.69, 9.17) is 5.73 Å². The molecule has 0 aliphatic rings. The van der Waals surface area contributed by atoms with Crippen LogP contribution in [0.4, 0.5) is 4.39 Å². The minimum absolute atomic E-state index is 0.261. The quantitative estimate of drug-likeness (QED) is 0.914. The summed E-state index contributed by atoms with van der Waals surface area (Å²) in [5.74, 6) is -0.261. The second kappa shape index (κ2) is 5.43. The highest BCUT2D eigenvalue weighted by atomic mass is 79.9. The van der Waals surface area contributed by atoms with Crippen molar-refractivity contribution in [1.82, 2.24) is 0 Å². The maximum Gasteiger partial charge on any atom is 0.129 e. The standard InChI is InChI=1S/C14H13BrFN/c15-11-7-4-8-12(16)14(11)13(17)9-10-5-2-1-3-6-10/h1-8,13H,9,17H2. The fourth-order valence-electron chi connectivity index (χ4n) is 1.84. The van der Waals surface area contributed by atoms with E-state index in [-0.39, 0.29) is 11.9 Å². The van der Waals surface area contributed by atoms with Gasteiger partial charge >= 0.3 is 0 Å². The molecule has 0 fully saturated rings. The Morgan fingerprint density at radius 2 is 1.76 bits per heavy atom. The fourth-order valence-corrected chi connectivity index (χ4v) is 2.47. The Bertz CT molecular complexity index is 479. The summed E-state index contributed by atoms with van der Waals surface area (Å²) in [6, 6.07) is 14.4. The first-order valence-electron chi connectivity index (χ1n) is 5.42. The van der Waals surface area contributed by atoms with Crippen LogP contribution in [0.3, 0.4) is 0 Å². The van der Waals surface area contributed by atoms with Crippen LogP contribution < -0.4 is 5.73 Å². The maximum atomic E-state index is 13.7. The molecule has 0 aliphatic heterocycles. The summed E-state index contributed by atoms with van der Waals surface area (Å²) in [4.78, 5) is 0. The molecule has 1 atom stereocenters. The van der Waals surface area contributed by atoms with Crippen LogP contribution in [0.1, 0.15) is 17.2 Å². The summed E-state index contributed by atoms with van der Waals surface area (Å²) in [5, 5.41) is 0. The van der Waals surface area contributed by atoms with Gasteiger partial charge in [-0.25, -0.2) is 4.39 Å². The third-order valence-electron chi connectivity index (χ3n) is 2.67. The smallest absolute Gasteiger partial charge is 0.129 e. The molecule has 0 radical (unpaired) electrons. The van der Waals surface area contributed by atoms with Gasteiger partial charge in [0.1, 0.15) is 5.82 Å². The SMILES string of the molecule is NC(Cc1ccccc1)c1c(F)cccc1Br. The largest absolute Gasteiger partial charge is 0.324 e. The van der Waals surface area contributed by atoms with E-state index in [1.54, 1.807) is 6.07 Å². The molecular weight excluding hydrogens is 281 g/mol. The van der Waals surface area contributed by atoms with Crippen molar-refractivity contribution in [3.63, 3.8) is 0 Å². The molecule has 1 nitrogen and oxygen atoms in total. The predicted octanol–water partition coefficient (Wildman–Crippen LogP) is 3.83. The van der Waals surface area contributed by atoms with Gasteiger partial charge < -0.3 is 5.73 Å². The van der Waals surface area contributed by atoms with Gasteiger partial charge in [-0.1, -0.05) is 52.3 Å². The first kappa shape index (κ1) is 12.3. The summed E-state index contributed by atoms with van der Waals surface area (Å²) in [7, 11) is 0. The number of nitrogens with two attached hydrogens (primary N) is 1. The topological polar surface area (TPSA) is 26.0 Å². The van der Waals surface area contributed by atoms with Gasteiger partial charge in [0.15, 0.2) is 0 Å². The third-order valence-corrected chi connectivity index (χ3v) is 3.36. The number of hydrogen-bond donors (Lipinski definition) is 1. The van der Waals surface area contributed by atoms with Crippen LogP contribution in [0.15, 0.2) is 53.0 Å². The van der Waals surface area contributed by atoms with E-state index in [2.05, 4.69) is 15.9 Å². The Morgan fingerprint density at radius 1 is 1.06 bits per heavy atom. The van der Waals surface area contributed by atoms with Gasteiger partial charge in [0.25, 0.3) is 0 Å². The van der Waals surface area contributed by atoms with Crippen LogP contribution in [-0.2, 0) is 6.42 Å². The summed E-state index contributed by atoms with van der Waals surface area (Å²) >= 11 is 3.34. The predicted molar refractivity (Wildman–Crippen MR) is 71.2 cm³/mol. The molecule has 2 N–H and O–H groups in total. The Kier molecular flexibility index (Phi) is 3.92. The molecule has 0 saturated carbocycles. The van der Waals surface area contributed by atoms with E-state index < -0.39 is 0 Å². The van der Waals surface area contributed by atoms with Crippen molar-refractivity contribution in [3.8, 4) is 0 Å². The van der Waals surface area contributed by atoms with Crippen LogP contribution in [0.2, 0.25) is 0 Å². The third kappa shape index (κ3) is 2.93. The molecule has 88 valence electrons. The van der Waals surface area contributed by atoms with E-state index in [0.717, 1.165) is 10.0 Å². The molecule has 0 heterocycles. The minimum Gasteiger partial charge on any atom is -0.324 e. The fraction of sp³-hybridized carbons (Fsp3) is 0.143. The monoisotopic (exact) mass is 293 g/mol. The average Bonchev–Trinajstić information content (AvgIpc) is 2.30. The van der Waals surface area contributed by atoms with Gasteiger partial charge in [0, 0.05) is 16.1 Å². The molecule has 0 saturated heterocycles. The van der Waals surface area contributed by atoms with Crippen molar-refractivity contribution in [2.24, 2.45) is 5.73 Å². The highest BCUT2D eigenvalue weighted by Crippen LogP contribution is 2.26. The Morgan fingerprint density at radius 3 is 2.41 bits per heavy atom. The van der Waals surface area contributed by atoms with Gasteiger partial charge in [0.2, 0.25) is 0 Å². The highest BCUT2D eigenvalue weighted by molar-refractivity contribution is 9.10. The molecule has 2 aromatic rings. The van der Waals surface area contributed by atoms with Crippen molar-refractivity contribution in [2.75, 3.05) is 0 Å². The van der Waals surface area contributed by atoms with Crippen molar-refractivity contribution in [2.45, 2.75) is 12.5 Å². The van der Waals surface area contributed by atoms with Crippen molar-refractivity contribution >= 4 is 15.9 Å². The molecule has 2 rings (SSSR count). The highest BCUT2D eigenvalue weighted by Gasteiger charge is 2.15. The molecule has 17 heavy (non-hydrogen) atoms. The lowest BCUT2D eigenvalue weighted by atomic mass is 9.99. The summed E-state index contributed by atoms with van der Waals surface area (Å²) in [6.07, 6.45) is 0.625. The van der Waals surface area contributed by atoms with E-state index in [0.29, 0.717) is 12.0 Å². The van der Waals surface area contributed by atoms with Crippen molar-refractivity contribution in [3.05, 3.63) is 69.9 Å². The number of hydrogen-bond acceptors (Lipinski definition) is 1. The zero-order valence-corrected chi connectivity index (χ0v) is 10.8. The summed E-state index contributed by atoms with van der Waals surface area (Å²) < 4.78 is 14.4. The van der Waals surface area contributed by atoms with Gasteiger partial charge in [-0.2, -0.15) is 0 Å². The van der Waals surface area contributed by atoms with Crippen molar-refractivity contribution in [1.29, 1.82) is 0 Å². The summed E-state index contributed by atoms with van der Waals surface area (Å²) in [5.41, 5.74) is 7.70. The number of halogens is 2. The van der Waals surface area contributed by atoms with Crippen LogP contribution >= 0.6 is 15.9 Å². The van der Waals surface area contributed by atoms with E-state index in [9.17, 15) is 4.39 Å². The molecule has 0 amide bonds. The van der Waals surface area contributed by atoms with E-state index in [1.807, 2.05) is 36.4 Å². The van der Waals surface area contributed by atoms with Gasteiger partial charge in [-0.3, -0.25) is 0 Å². The zero-order valence-electron chi connectivity index (χ0n) is 9.24. The zero-order chi connectivity index (χ0) is 12.3. The van der Waals surface area contributed by atoms with Gasteiger partial charge in [0.05, 0.1) is 0 Å². The normalized spacial score (nSPS) is 12.4. The van der Waals surface area contributed by atoms with Gasteiger partial charge in [-0.15, -0.1) is 0 Å². The van der Waals surface area contributed by atoms with Crippen LogP contribution in [0.5, 0.6) is 0 Å². The molecule has 0 aliphatic carbocycles. The summed E-state index contributed by atoms with van der Waals surface area (Å²) in [6.45, 7) is 0. The van der Waals surface area contributed by atoms with Crippen LogP contribution in [-0.4, -0.2) is 0 Å². The van der Waals surface area contributed by atoms with Crippen molar-refractivity contribution < 1.29 is 4.39 Å². The minimum atomic E-state index is -0.340. The van der Waals surface area contributed by atoms with Crippen LogP contribution in [0.25, 0.3) is 0 Å². The van der Waals surface area contributed by atoms with Gasteiger partial charge in [-0.05, 0) is 24.1 Å². The maximum absolute atomic E-state index is 13.7. The average molecular weight is 294 g/mol. The van der Waals surface area contributed by atoms with E-state index >= 15 is 0 Å². The Balaban J connectivity index is 2.23. The Hall–Kier alpha value is -1.19. The lowest BCUT2D eigenvalue weighted by Crippen LogP contribution is -2.15. The lowest BCUT2D eigenvalue weighted by Gasteiger charge is -2.14. The molecule has 0 bridgehead atoms. The van der Waals surface area contributed by atoms with Crippen LogP contribution in [0, 0.1) is 5.82 Å². The molecule has 2 aromatic carbocycles. The number of rotatable bonds is 3. The first-order valence-corrected chi connectivity index (χ1v) is 6.21. The molecular formula is C14H13BrFN. The molecule has 0 aromatic heterocycles. The Labute approximate surface area is 109 Å². The second-order valence-corrected chi connectivity index (χ2v) is 4.79.